The highest BCUT2D eigenvalue weighted by Gasteiger charge is 2.42. The Bertz CT molecular complexity index is 1110. The summed E-state index contributed by atoms with van der Waals surface area (Å²) in [5.74, 6) is -0.497. The number of ether oxygens (including phenoxy) is 1. The third-order valence-electron chi connectivity index (χ3n) is 7.61. The maximum absolute atomic E-state index is 14.5. The van der Waals surface area contributed by atoms with E-state index in [4.69, 9.17) is 4.74 Å². The van der Waals surface area contributed by atoms with Crippen LogP contribution in [0.2, 0.25) is 0 Å². The molecule has 2 aromatic carbocycles. The van der Waals surface area contributed by atoms with Crippen LogP contribution in [0.3, 0.4) is 0 Å². The second-order valence-corrected chi connectivity index (χ2v) is 10.4. The van der Waals surface area contributed by atoms with Crippen LogP contribution in [0, 0.1) is 17.2 Å². The fourth-order valence-electron chi connectivity index (χ4n) is 5.75. The molecule has 4 nitrogen and oxygen atoms in total. The van der Waals surface area contributed by atoms with Crippen molar-refractivity contribution in [3.05, 3.63) is 58.9 Å². The predicted octanol–water partition coefficient (Wildman–Crippen LogP) is 5.96. The molecule has 1 N–H and O–H groups in total. The molecule has 2 aromatic rings. The lowest BCUT2D eigenvalue weighted by molar-refractivity contribution is -0.137. The van der Waals surface area contributed by atoms with Gasteiger partial charge in [-0.15, -0.1) is 0 Å². The van der Waals surface area contributed by atoms with Gasteiger partial charge in [-0.05, 0) is 72.5 Å². The van der Waals surface area contributed by atoms with Crippen molar-refractivity contribution in [2.75, 3.05) is 19.6 Å². The summed E-state index contributed by atoms with van der Waals surface area (Å²) in [6.45, 7) is 7.01. The third-order valence-corrected chi connectivity index (χ3v) is 7.61. The smallest absolute Gasteiger partial charge is 0.416 e. The zero-order chi connectivity index (χ0) is 24.3. The minimum atomic E-state index is -4.59. The number of alkyl carbamates (subject to hydrolysis) is 1. The minimum Gasteiger partial charge on any atom is -0.445 e. The molecule has 3 aliphatic heterocycles. The van der Waals surface area contributed by atoms with Gasteiger partial charge in [0.2, 0.25) is 0 Å². The number of carbonyl (C=O) groups excluding carboxylic acids is 1. The van der Waals surface area contributed by atoms with Crippen molar-refractivity contribution >= 4 is 6.09 Å². The molecule has 0 aromatic heterocycles. The number of benzene rings is 2. The van der Waals surface area contributed by atoms with Crippen molar-refractivity contribution < 1.29 is 27.1 Å². The van der Waals surface area contributed by atoms with Gasteiger partial charge in [-0.3, -0.25) is 4.90 Å². The molecule has 0 saturated carbocycles. The molecule has 1 unspecified atom stereocenters. The Labute approximate surface area is 196 Å². The molecule has 6 rings (SSSR count). The highest BCUT2D eigenvalue weighted by molar-refractivity contribution is 5.70. The minimum absolute atomic E-state index is 0.0866. The topological polar surface area (TPSA) is 41.6 Å². The van der Waals surface area contributed by atoms with Crippen LogP contribution >= 0.6 is 0 Å². The largest absolute Gasteiger partial charge is 0.445 e. The lowest BCUT2D eigenvalue weighted by atomic mass is 9.85. The summed E-state index contributed by atoms with van der Waals surface area (Å²) in [6.07, 6.45) is -2.36. The highest BCUT2D eigenvalue weighted by atomic mass is 19.4. The molecule has 0 radical (unpaired) electrons. The van der Waals surface area contributed by atoms with E-state index in [0.29, 0.717) is 24.0 Å². The average molecular weight is 477 g/mol. The standard InChI is InChI=1S/C26H28F4N2O2/c1-25(2)13-17-11-16(19-6-4-18(12-21(19)27)26(28,29)30)3-5-20(17)23(25)31-24(33)34-22-14-32-9-7-15(22)8-10-32/h3-6,11-12,15,22-23H,7-10,13-14H2,1-2H3,(H,31,33)/t22-,23?/m1/s1. The maximum atomic E-state index is 14.5. The second-order valence-electron chi connectivity index (χ2n) is 10.4. The Hall–Kier alpha value is -2.61. The summed E-state index contributed by atoms with van der Waals surface area (Å²) in [5.41, 5.74) is 1.18. The molecule has 3 fully saturated rings. The van der Waals surface area contributed by atoms with Crippen LogP contribution < -0.4 is 5.32 Å². The number of hydrogen-bond donors (Lipinski definition) is 1. The number of fused-ring (bicyclic) bond motifs is 4. The van der Waals surface area contributed by atoms with Gasteiger partial charge in [-0.2, -0.15) is 13.2 Å². The highest BCUT2D eigenvalue weighted by Crippen LogP contribution is 2.46. The second kappa shape index (κ2) is 8.26. The summed E-state index contributed by atoms with van der Waals surface area (Å²) >= 11 is 0. The molecule has 4 aliphatic rings. The van der Waals surface area contributed by atoms with E-state index in [1.165, 1.54) is 6.07 Å². The van der Waals surface area contributed by atoms with Gasteiger partial charge in [-0.25, -0.2) is 9.18 Å². The zero-order valence-corrected chi connectivity index (χ0v) is 19.2. The lowest BCUT2D eigenvalue weighted by Crippen LogP contribution is -2.53. The monoisotopic (exact) mass is 476 g/mol. The fraction of sp³-hybridized carbons (Fsp3) is 0.500. The van der Waals surface area contributed by atoms with E-state index < -0.39 is 23.7 Å². The Morgan fingerprint density at radius 1 is 1.12 bits per heavy atom. The molecule has 182 valence electrons. The van der Waals surface area contributed by atoms with Crippen molar-refractivity contribution in [1.82, 2.24) is 10.2 Å². The molecule has 0 spiro atoms. The van der Waals surface area contributed by atoms with E-state index in [0.717, 1.165) is 49.7 Å². The molecule has 34 heavy (non-hydrogen) atoms. The van der Waals surface area contributed by atoms with Crippen molar-refractivity contribution in [3.63, 3.8) is 0 Å². The van der Waals surface area contributed by atoms with Crippen LogP contribution in [-0.2, 0) is 17.3 Å². The van der Waals surface area contributed by atoms with E-state index >= 15 is 0 Å². The molecule has 1 amide bonds. The van der Waals surface area contributed by atoms with E-state index in [1.807, 2.05) is 26.0 Å². The fourth-order valence-corrected chi connectivity index (χ4v) is 5.75. The predicted molar refractivity (Wildman–Crippen MR) is 120 cm³/mol. The molecule has 2 bridgehead atoms. The number of alkyl halides is 3. The van der Waals surface area contributed by atoms with E-state index in [9.17, 15) is 22.4 Å². The van der Waals surface area contributed by atoms with Crippen LogP contribution in [0.15, 0.2) is 36.4 Å². The molecule has 3 heterocycles. The molecule has 8 heteroatoms. The zero-order valence-electron chi connectivity index (χ0n) is 19.2. The summed E-state index contributed by atoms with van der Waals surface area (Å²) in [6, 6.07) is 7.65. The summed E-state index contributed by atoms with van der Waals surface area (Å²) < 4.78 is 59.0. The Balaban J connectivity index is 1.34. The van der Waals surface area contributed by atoms with Gasteiger partial charge in [0.05, 0.1) is 11.6 Å². The summed E-state index contributed by atoms with van der Waals surface area (Å²) in [5, 5.41) is 3.05. The van der Waals surface area contributed by atoms with Crippen LogP contribution in [0.1, 0.15) is 49.4 Å². The Morgan fingerprint density at radius 3 is 2.47 bits per heavy atom. The van der Waals surface area contributed by atoms with Gasteiger partial charge in [0.1, 0.15) is 11.9 Å². The number of nitrogens with zero attached hydrogens (tertiary/aromatic N) is 1. The number of carbonyl (C=O) groups is 1. The normalized spacial score (nSPS) is 27.4. The van der Waals surface area contributed by atoms with Crippen molar-refractivity contribution in [2.24, 2.45) is 11.3 Å². The van der Waals surface area contributed by atoms with Gasteiger partial charge in [0.25, 0.3) is 0 Å². The lowest BCUT2D eigenvalue weighted by Gasteiger charge is -2.44. The maximum Gasteiger partial charge on any atom is 0.416 e. The summed E-state index contributed by atoms with van der Waals surface area (Å²) in [7, 11) is 0. The number of piperidine rings is 3. The first kappa shape index (κ1) is 23.1. The van der Waals surface area contributed by atoms with Crippen molar-refractivity contribution in [3.8, 4) is 11.1 Å². The van der Waals surface area contributed by atoms with Crippen LogP contribution in [0.5, 0.6) is 0 Å². The van der Waals surface area contributed by atoms with Crippen LogP contribution in [-0.4, -0.2) is 36.7 Å². The number of rotatable bonds is 3. The molecular formula is C26H28F4N2O2. The van der Waals surface area contributed by atoms with E-state index in [2.05, 4.69) is 10.2 Å². The first-order chi connectivity index (χ1) is 16.0. The third kappa shape index (κ3) is 4.28. The number of nitrogens with one attached hydrogen (secondary N) is 1. The molecule has 2 atom stereocenters. The molecule has 3 saturated heterocycles. The number of amides is 1. The molecular weight excluding hydrogens is 448 g/mol. The number of hydrogen-bond acceptors (Lipinski definition) is 3. The van der Waals surface area contributed by atoms with Gasteiger partial charge in [-0.1, -0.05) is 38.1 Å². The van der Waals surface area contributed by atoms with Crippen LogP contribution in [0.25, 0.3) is 11.1 Å². The number of halogens is 4. The van der Waals surface area contributed by atoms with Crippen molar-refractivity contribution in [1.29, 1.82) is 0 Å². The van der Waals surface area contributed by atoms with Gasteiger partial charge in [0.15, 0.2) is 0 Å². The average Bonchev–Trinajstić information content (AvgIpc) is 3.02. The quantitative estimate of drug-likeness (QED) is 0.557. The Morgan fingerprint density at radius 2 is 1.85 bits per heavy atom. The van der Waals surface area contributed by atoms with E-state index in [-0.39, 0.29) is 23.1 Å². The van der Waals surface area contributed by atoms with E-state index in [1.54, 1.807) is 6.07 Å². The van der Waals surface area contributed by atoms with Gasteiger partial charge in [0, 0.05) is 12.1 Å². The SMILES string of the molecule is CC1(C)Cc2cc(-c3ccc(C(F)(F)F)cc3F)ccc2C1NC(=O)O[C@@H]1CN2CCC1CC2. The Kier molecular flexibility index (Phi) is 5.62. The van der Waals surface area contributed by atoms with Crippen LogP contribution in [0.4, 0.5) is 22.4 Å². The first-order valence-electron chi connectivity index (χ1n) is 11.7. The first-order valence-corrected chi connectivity index (χ1v) is 11.7. The molecule has 1 aliphatic carbocycles. The van der Waals surface area contributed by atoms with Gasteiger partial charge < -0.3 is 10.1 Å². The van der Waals surface area contributed by atoms with Gasteiger partial charge >= 0.3 is 12.3 Å². The van der Waals surface area contributed by atoms with Crippen molar-refractivity contribution in [2.45, 2.75) is 51.4 Å². The summed E-state index contributed by atoms with van der Waals surface area (Å²) in [4.78, 5) is 15.1.